The second-order valence-corrected chi connectivity index (χ2v) is 8.37. The SMILES string of the molecule is O=C(c1cccs1)N1CCC[C@H](c2nc3c(nnn3Cc3ccccc3)c(=O)[nH]2)C1. The molecule has 8 nitrogen and oxygen atoms in total. The van der Waals surface area contributed by atoms with Crippen molar-refractivity contribution in [1.29, 1.82) is 0 Å². The van der Waals surface area contributed by atoms with Crippen LogP contribution in [-0.4, -0.2) is 48.9 Å². The molecule has 0 spiro atoms. The Morgan fingerprint density at radius 1 is 1.20 bits per heavy atom. The minimum Gasteiger partial charge on any atom is -0.337 e. The highest BCUT2D eigenvalue weighted by Gasteiger charge is 2.28. The summed E-state index contributed by atoms with van der Waals surface area (Å²) in [4.78, 5) is 35.6. The highest BCUT2D eigenvalue weighted by molar-refractivity contribution is 7.12. The average Bonchev–Trinajstić information content (AvgIpc) is 3.45. The van der Waals surface area contributed by atoms with Crippen molar-refractivity contribution in [2.75, 3.05) is 13.1 Å². The maximum Gasteiger partial charge on any atom is 0.281 e. The Hall–Kier alpha value is -3.33. The molecule has 4 aromatic rings. The first kappa shape index (κ1) is 18.7. The quantitative estimate of drug-likeness (QED) is 0.547. The van der Waals surface area contributed by atoms with Crippen LogP contribution < -0.4 is 5.56 Å². The number of carbonyl (C=O) groups excluding carboxylic acids is 1. The highest BCUT2D eigenvalue weighted by atomic mass is 32.1. The molecule has 30 heavy (non-hydrogen) atoms. The summed E-state index contributed by atoms with van der Waals surface area (Å²) in [7, 11) is 0. The van der Waals surface area contributed by atoms with Gasteiger partial charge in [0.25, 0.3) is 11.5 Å². The van der Waals surface area contributed by atoms with Gasteiger partial charge >= 0.3 is 0 Å². The summed E-state index contributed by atoms with van der Waals surface area (Å²) in [5.41, 5.74) is 1.46. The Morgan fingerprint density at radius 2 is 2.07 bits per heavy atom. The van der Waals surface area contributed by atoms with Gasteiger partial charge in [-0.3, -0.25) is 9.59 Å². The fraction of sp³-hybridized carbons (Fsp3) is 0.286. The van der Waals surface area contributed by atoms with Gasteiger partial charge in [-0.25, -0.2) is 9.67 Å². The molecule has 0 saturated carbocycles. The van der Waals surface area contributed by atoms with Gasteiger partial charge in [0, 0.05) is 19.0 Å². The summed E-state index contributed by atoms with van der Waals surface area (Å²) < 4.78 is 1.65. The van der Waals surface area contributed by atoms with Crippen LogP contribution in [0.4, 0.5) is 0 Å². The minimum atomic E-state index is -0.295. The van der Waals surface area contributed by atoms with Crippen LogP contribution in [-0.2, 0) is 6.54 Å². The third kappa shape index (κ3) is 3.52. The number of nitrogens with zero attached hydrogens (tertiary/aromatic N) is 5. The standard InChI is InChI=1S/C21H20N6O2S/c28-20-17-19(27(25-24-17)12-14-6-2-1-3-7-14)22-18(23-20)15-8-4-10-26(13-15)21(29)16-9-5-11-30-16/h1-3,5-7,9,11,15H,4,8,10,12-13H2,(H,22,23,28)/t15-/m0/s1. The normalized spacial score (nSPS) is 16.8. The lowest BCUT2D eigenvalue weighted by atomic mass is 9.97. The van der Waals surface area contributed by atoms with Crippen LogP contribution in [0.5, 0.6) is 0 Å². The third-order valence-corrected chi connectivity index (χ3v) is 6.25. The number of benzene rings is 1. The number of likely N-dealkylation sites (tertiary alicyclic amines) is 1. The lowest BCUT2D eigenvalue weighted by Gasteiger charge is -2.31. The van der Waals surface area contributed by atoms with E-state index in [0.29, 0.717) is 31.1 Å². The van der Waals surface area contributed by atoms with Crippen molar-refractivity contribution in [3.05, 3.63) is 74.5 Å². The maximum atomic E-state index is 12.8. The van der Waals surface area contributed by atoms with E-state index in [9.17, 15) is 9.59 Å². The van der Waals surface area contributed by atoms with Crippen molar-refractivity contribution in [2.45, 2.75) is 25.3 Å². The van der Waals surface area contributed by atoms with Crippen LogP contribution >= 0.6 is 11.3 Å². The summed E-state index contributed by atoms with van der Waals surface area (Å²) in [6.07, 6.45) is 1.73. The molecular formula is C21H20N6O2S. The first-order valence-corrected chi connectivity index (χ1v) is 10.8. The highest BCUT2D eigenvalue weighted by Crippen LogP contribution is 2.26. The third-order valence-electron chi connectivity index (χ3n) is 5.39. The first-order chi connectivity index (χ1) is 14.7. The molecule has 152 valence electrons. The van der Waals surface area contributed by atoms with E-state index in [1.54, 1.807) is 4.68 Å². The van der Waals surface area contributed by atoms with Crippen molar-refractivity contribution >= 4 is 28.4 Å². The summed E-state index contributed by atoms with van der Waals surface area (Å²) in [5.74, 6) is 0.599. The van der Waals surface area contributed by atoms with E-state index >= 15 is 0 Å². The summed E-state index contributed by atoms with van der Waals surface area (Å²) in [6, 6.07) is 13.6. The zero-order valence-corrected chi connectivity index (χ0v) is 17.0. The predicted molar refractivity (Wildman–Crippen MR) is 114 cm³/mol. The molecule has 0 aliphatic carbocycles. The second kappa shape index (κ2) is 7.83. The molecular weight excluding hydrogens is 400 g/mol. The van der Waals surface area contributed by atoms with Gasteiger partial charge in [-0.1, -0.05) is 41.6 Å². The van der Waals surface area contributed by atoms with E-state index < -0.39 is 0 Å². The topological polar surface area (TPSA) is 96.8 Å². The second-order valence-electron chi connectivity index (χ2n) is 7.42. The molecule has 0 radical (unpaired) electrons. The molecule has 1 saturated heterocycles. The molecule has 3 aromatic heterocycles. The molecule has 5 rings (SSSR count). The number of piperidine rings is 1. The van der Waals surface area contributed by atoms with E-state index in [0.717, 1.165) is 23.3 Å². The van der Waals surface area contributed by atoms with E-state index in [2.05, 4.69) is 15.3 Å². The summed E-state index contributed by atoms with van der Waals surface area (Å²) >= 11 is 1.45. The van der Waals surface area contributed by atoms with E-state index in [4.69, 9.17) is 4.98 Å². The predicted octanol–water partition coefficient (Wildman–Crippen LogP) is 2.64. The molecule has 1 N–H and O–H groups in total. The lowest BCUT2D eigenvalue weighted by Crippen LogP contribution is -2.39. The van der Waals surface area contributed by atoms with Crippen molar-refractivity contribution < 1.29 is 4.79 Å². The van der Waals surface area contributed by atoms with Crippen molar-refractivity contribution in [3.63, 3.8) is 0 Å². The van der Waals surface area contributed by atoms with Crippen molar-refractivity contribution in [2.24, 2.45) is 0 Å². The Morgan fingerprint density at radius 3 is 2.87 bits per heavy atom. The Bertz CT molecular complexity index is 1230. The number of rotatable bonds is 4. The van der Waals surface area contributed by atoms with Gasteiger partial charge in [0.1, 0.15) is 5.82 Å². The summed E-state index contributed by atoms with van der Waals surface area (Å²) in [6.45, 7) is 1.74. The number of nitrogens with one attached hydrogen (secondary N) is 1. The zero-order chi connectivity index (χ0) is 20.5. The van der Waals surface area contributed by atoms with Gasteiger partial charge in [-0.2, -0.15) is 0 Å². The number of carbonyl (C=O) groups is 1. The molecule has 1 amide bonds. The molecule has 1 aromatic carbocycles. The Kier molecular flexibility index (Phi) is 4.88. The number of hydrogen-bond donors (Lipinski definition) is 1. The van der Waals surface area contributed by atoms with Crippen LogP contribution in [0.25, 0.3) is 11.2 Å². The van der Waals surface area contributed by atoms with Gasteiger partial charge in [0.2, 0.25) is 0 Å². The fourth-order valence-corrected chi connectivity index (χ4v) is 4.57. The van der Waals surface area contributed by atoms with Crippen LogP contribution in [0.1, 0.15) is 39.8 Å². The first-order valence-electron chi connectivity index (χ1n) is 9.89. The van der Waals surface area contributed by atoms with Gasteiger partial charge < -0.3 is 9.88 Å². The van der Waals surface area contributed by atoms with Crippen LogP contribution in [0.2, 0.25) is 0 Å². The molecule has 1 fully saturated rings. The maximum absolute atomic E-state index is 12.8. The van der Waals surface area contributed by atoms with Crippen LogP contribution in [0, 0.1) is 0 Å². The molecule has 4 heterocycles. The van der Waals surface area contributed by atoms with Crippen molar-refractivity contribution in [1.82, 2.24) is 29.9 Å². The van der Waals surface area contributed by atoms with Gasteiger partial charge in [-0.15, -0.1) is 16.4 Å². The zero-order valence-electron chi connectivity index (χ0n) is 16.2. The van der Waals surface area contributed by atoms with Gasteiger partial charge in [-0.05, 0) is 29.9 Å². The van der Waals surface area contributed by atoms with Crippen LogP contribution in [0.3, 0.4) is 0 Å². The van der Waals surface area contributed by atoms with E-state index in [-0.39, 0.29) is 22.9 Å². The number of fused-ring (bicyclic) bond motifs is 1. The number of H-pyrrole nitrogens is 1. The molecule has 0 bridgehead atoms. The smallest absolute Gasteiger partial charge is 0.281 e. The van der Waals surface area contributed by atoms with E-state index in [1.807, 2.05) is 52.7 Å². The minimum absolute atomic E-state index is 0.0279. The van der Waals surface area contributed by atoms with E-state index in [1.165, 1.54) is 11.3 Å². The summed E-state index contributed by atoms with van der Waals surface area (Å²) in [5, 5.41) is 10.1. The van der Waals surface area contributed by atoms with Gasteiger partial charge in [0.15, 0.2) is 11.2 Å². The largest absolute Gasteiger partial charge is 0.337 e. The lowest BCUT2D eigenvalue weighted by molar-refractivity contribution is 0.0709. The average molecular weight is 420 g/mol. The molecule has 1 atom stereocenters. The Labute approximate surface area is 176 Å². The molecule has 9 heteroatoms. The number of aromatic amines is 1. The fourth-order valence-electron chi connectivity index (χ4n) is 3.88. The van der Waals surface area contributed by atoms with Crippen molar-refractivity contribution in [3.8, 4) is 0 Å². The number of amides is 1. The number of thiophene rings is 1. The number of aromatic nitrogens is 5. The molecule has 0 unspecified atom stereocenters. The Balaban J connectivity index is 1.44. The van der Waals surface area contributed by atoms with Gasteiger partial charge in [0.05, 0.1) is 11.4 Å². The molecule has 1 aliphatic rings. The number of hydrogen-bond acceptors (Lipinski definition) is 6. The van der Waals surface area contributed by atoms with Crippen LogP contribution in [0.15, 0.2) is 52.6 Å². The molecule has 1 aliphatic heterocycles. The monoisotopic (exact) mass is 420 g/mol.